The Kier molecular flexibility index (Phi) is 23.6. The summed E-state index contributed by atoms with van der Waals surface area (Å²) in [6.07, 6.45) is 11.3. The number of halogens is 3. The maximum absolute atomic E-state index is 10.3. The first kappa shape index (κ1) is 39.2. The molecule has 0 aromatic carbocycles. The molecule has 0 aliphatic carbocycles. The van der Waals surface area contributed by atoms with E-state index >= 15 is 0 Å². The van der Waals surface area contributed by atoms with Gasteiger partial charge in [-0.15, -0.1) is 0 Å². The molecule has 3 heterocycles. The van der Waals surface area contributed by atoms with Crippen molar-refractivity contribution in [2.75, 3.05) is 44.8 Å². The van der Waals surface area contributed by atoms with E-state index in [0.29, 0.717) is 13.3 Å². The van der Waals surface area contributed by atoms with Crippen molar-refractivity contribution in [3.05, 3.63) is 43.5 Å². The van der Waals surface area contributed by atoms with Crippen LogP contribution in [0.3, 0.4) is 0 Å². The highest BCUT2D eigenvalue weighted by Gasteiger charge is 2.17. The first-order valence-electron chi connectivity index (χ1n) is 9.83. The third-order valence-corrected chi connectivity index (χ3v) is 4.06. The zero-order chi connectivity index (χ0) is 27.5. The quantitative estimate of drug-likeness (QED) is 0.130. The van der Waals surface area contributed by atoms with Crippen molar-refractivity contribution >= 4 is 45.8 Å². The van der Waals surface area contributed by atoms with E-state index in [1.165, 1.54) is 19.6 Å². The molecule has 216 valence electrons. The number of carboxylic acid groups (broad SMARTS) is 5. The molecule has 0 unspecified atom stereocenters. The summed E-state index contributed by atoms with van der Waals surface area (Å²) < 4.78 is 0. The maximum atomic E-state index is 10.3. The molecule has 0 amide bonds. The number of H-pyrrole nitrogens is 1. The number of aromatic nitrogens is 2. The van der Waals surface area contributed by atoms with Gasteiger partial charge in [-0.3, -0.25) is 24.0 Å². The van der Waals surface area contributed by atoms with Gasteiger partial charge in [0.2, 0.25) is 0 Å². The Morgan fingerprint density at radius 1 is 0.658 bits per heavy atom. The van der Waals surface area contributed by atoms with Crippen molar-refractivity contribution in [1.82, 2.24) is 29.6 Å². The molecular weight excluding hydrogens is 712 g/mol. The molecule has 2 aliphatic rings. The second-order valence-electron chi connectivity index (χ2n) is 6.73. The first-order valence-corrected chi connectivity index (χ1v) is 11.0. The Bertz CT molecular complexity index is 787. The van der Waals surface area contributed by atoms with Gasteiger partial charge in [0.25, 0.3) is 0 Å². The van der Waals surface area contributed by atoms with Crippen LogP contribution in [0.25, 0.3) is 0 Å². The molecule has 16 nitrogen and oxygen atoms in total. The van der Waals surface area contributed by atoms with Gasteiger partial charge in [-0.25, -0.2) is 4.98 Å². The van der Waals surface area contributed by atoms with E-state index in [1.807, 2.05) is 0 Å². The highest BCUT2D eigenvalue weighted by molar-refractivity contribution is 9.09. The van der Waals surface area contributed by atoms with Crippen molar-refractivity contribution in [1.29, 1.82) is 0 Å². The van der Waals surface area contributed by atoms with Gasteiger partial charge in [0.05, 0.1) is 19.7 Å². The zero-order valence-electron chi connectivity index (χ0n) is 19.6. The predicted molar refractivity (Wildman–Crippen MR) is 125 cm³/mol. The largest absolute Gasteiger partial charge is 1.00 e. The average Bonchev–Trinajstić information content (AvgIpc) is 3.52. The second-order valence-corrected chi connectivity index (χ2v) is 7.29. The zero-order valence-corrected chi connectivity index (χ0v) is 24.4. The van der Waals surface area contributed by atoms with E-state index in [-0.39, 0.29) is 65.5 Å². The van der Waals surface area contributed by atoms with Crippen molar-refractivity contribution in [2.24, 2.45) is 0 Å². The summed E-state index contributed by atoms with van der Waals surface area (Å²) in [5.74, 6) is -4.54. The lowest BCUT2D eigenvalue weighted by molar-refractivity contribution is -0.140. The van der Waals surface area contributed by atoms with Gasteiger partial charge < -0.3 is 84.1 Å². The number of nitrogens with one attached hydrogen (secondary N) is 1. The number of hydrogen-bond acceptors (Lipinski definition) is 10. The topological polar surface area (TPSA) is 228 Å². The number of carboxylic acids is 5. The fourth-order valence-electron chi connectivity index (χ4n) is 2.35. The number of nitrogens with zero attached hydrogens (tertiary/aromatic N) is 5. The van der Waals surface area contributed by atoms with Crippen LogP contribution in [0.4, 0.5) is 0 Å². The number of aliphatic carboxylic acids is 5. The van der Waals surface area contributed by atoms with Gasteiger partial charge in [0.15, 0.2) is 0 Å². The van der Waals surface area contributed by atoms with E-state index in [2.05, 4.69) is 25.9 Å². The highest BCUT2D eigenvalue weighted by Crippen LogP contribution is 2.05. The fourth-order valence-corrected chi connectivity index (χ4v) is 2.35. The van der Waals surface area contributed by atoms with Gasteiger partial charge in [0, 0.05) is 37.2 Å². The third-order valence-electron chi connectivity index (χ3n) is 3.58. The highest BCUT2D eigenvalue weighted by atomic mass is 79.9. The van der Waals surface area contributed by atoms with Crippen LogP contribution in [0, 0.1) is 0 Å². The Balaban J connectivity index is -0.000000459. The average molecular weight is 739 g/mol. The monoisotopic (exact) mass is 736 g/mol. The van der Waals surface area contributed by atoms with E-state index in [4.69, 9.17) is 25.5 Å². The lowest BCUT2D eigenvalue weighted by Crippen LogP contribution is -3.00. The molecule has 2 aliphatic heterocycles. The minimum Gasteiger partial charge on any atom is -1.00 e. The van der Waals surface area contributed by atoms with Crippen molar-refractivity contribution in [2.45, 2.75) is 0 Å². The summed E-state index contributed by atoms with van der Waals surface area (Å²) in [4.78, 5) is 62.9. The van der Waals surface area contributed by atoms with Gasteiger partial charge in [0.1, 0.15) is 31.5 Å². The molecular formula is C19H27Br3N6O10-2. The minimum absolute atomic E-state index is 0. The van der Waals surface area contributed by atoms with Gasteiger partial charge in [-0.1, -0.05) is 15.9 Å². The second kappa shape index (κ2) is 22.8. The lowest BCUT2D eigenvalue weighted by atomic mass is 10.6. The molecule has 0 spiro atoms. The van der Waals surface area contributed by atoms with Crippen LogP contribution in [-0.2, 0) is 24.0 Å². The van der Waals surface area contributed by atoms with Crippen molar-refractivity contribution < 1.29 is 83.5 Å². The lowest BCUT2D eigenvalue weighted by Gasteiger charge is -2.17. The molecule has 6 N–H and O–H groups in total. The summed E-state index contributed by atoms with van der Waals surface area (Å²) in [5, 5.41) is 41.4. The maximum Gasteiger partial charge on any atom is 0.323 e. The van der Waals surface area contributed by atoms with Crippen LogP contribution in [0.15, 0.2) is 43.5 Å². The molecule has 38 heavy (non-hydrogen) atoms. The minimum atomic E-state index is -0.929. The van der Waals surface area contributed by atoms with E-state index in [0.717, 1.165) is 0 Å². The van der Waals surface area contributed by atoms with Crippen molar-refractivity contribution in [3.63, 3.8) is 0 Å². The summed E-state index contributed by atoms with van der Waals surface area (Å²) in [5.41, 5.74) is 0. The Morgan fingerprint density at radius 2 is 0.947 bits per heavy atom. The van der Waals surface area contributed by atoms with Gasteiger partial charge in [-0.2, -0.15) is 0 Å². The van der Waals surface area contributed by atoms with Crippen LogP contribution >= 0.6 is 15.9 Å². The third kappa shape index (κ3) is 23.1. The molecule has 1 aromatic heterocycles. The van der Waals surface area contributed by atoms with Crippen LogP contribution in [-0.4, -0.2) is 130 Å². The van der Waals surface area contributed by atoms with E-state index in [1.54, 1.807) is 43.5 Å². The molecule has 0 radical (unpaired) electrons. The molecule has 0 bridgehead atoms. The molecule has 19 heteroatoms. The van der Waals surface area contributed by atoms with E-state index in [9.17, 15) is 24.0 Å². The molecule has 0 fully saturated rings. The van der Waals surface area contributed by atoms with Crippen molar-refractivity contribution in [3.8, 4) is 0 Å². The fraction of sp³-hybridized carbons (Fsp3) is 0.368. The van der Waals surface area contributed by atoms with E-state index < -0.39 is 29.8 Å². The Morgan fingerprint density at radius 3 is 1.08 bits per heavy atom. The molecule has 0 saturated heterocycles. The standard InChI is InChI=1S/2C7H10N2O4.C3H4N2.C2H3BrO2.2BrH/c2*10-6(11)3-8-1-2-9(5-8)4-7(12)13;1-2-5-3-4-1;3-1-2(4)5;;/h2*1-2H,3-5H2,(H,10,11)(H,12,13);1-3H,(H,4,5);1H2,(H,4,5);2*1H/p-2. The number of hydrogen-bond donors (Lipinski definition) is 6. The number of alkyl halides is 1. The van der Waals surface area contributed by atoms with Gasteiger partial charge in [-0.05, 0) is 0 Å². The molecule has 1 aromatic rings. The summed E-state index contributed by atoms with van der Waals surface area (Å²) in [7, 11) is 0. The Hall–Kier alpha value is -3.32. The Labute approximate surface area is 246 Å². The van der Waals surface area contributed by atoms with Gasteiger partial charge >= 0.3 is 29.8 Å². The normalized spacial score (nSPS) is 12.3. The number of aromatic amines is 1. The van der Waals surface area contributed by atoms with Crippen LogP contribution in [0.5, 0.6) is 0 Å². The predicted octanol–water partition coefficient (Wildman–Crippen LogP) is -6.71. The van der Waals surface area contributed by atoms with Crippen LogP contribution in [0.1, 0.15) is 0 Å². The number of rotatable bonds is 9. The molecule has 3 rings (SSSR count). The molecule has 0 atom stereocenters. The summed E-state index contributed by atoms with van der Waals surface area (Å²) in [6.45, 7) is 0.218. The van der Waals surface area contributed by atoms with Crippen LogP contribution < -0.4 is 34.0 Å². The number of carbonyl (C=O) groups is 5. The number of imidazole rings is 1. The summed E-state index contributed by atoms with van der Waals surface area (Å²) in [6, 6.07) is 0. The summed E-state index contributed by atoms with van der Waals surface area (Å²) >= 11 is 2.71. The SMILES string of the molecule is O=C(O)CBr.O=C(O)CN1C=CN(CC(=O)O)C1.O=C(O)CN1C=CN(CC(=O)O)C1.[Br-].[Br-].c1c[nH]cn1. The first-order chi connectivity index (χ1) is 16.9. The smallest absolute Gasteiger partial charge is 0.323 e. The molecule has 0 saturated carbocycles. The van der Waals surface area contributed by atoms with Crippen LogP contribution in [0.2, 0.25) is 0 Å².